The van der Waals surface area contributed by atoms with Crippen molar-refractivity contribution in [3.63, 3.8) is 0 Å². The van der Waals surface area contributed by atoms with Gasteiger partial charge in [0.25, 0.3) is 0 Å². The van der Waals surface area contributed by atoms with E-state index in [2.05, 4.69) is 11.8 Å². The highest BCUT2D eigenvalue weighted by atomic mass is 31.1. The van der Waals surface area contributed by atoms with E-state index in [1.54, 1.807) is 6.08 Å². The fraction of sp³-hybridized carbons (Fsp3) is 0.714. The van der Waals surface area contributed by atoms with Gasteiger partial charge in [-0.15, -0.1) is 0 Å². The summed E-state index contributed by atoms with van der Waals surface area (Å²) < 4.78 is 0. The molecule has 1 atom stereocenters. The lowest BCUT2D eigenvalue weighted by molar-refractivity contribution is -0.154. The van der Waals surface area contributed by atoms with Crippen molar-refractivity contribution in [2.75, 3.05) is 0 Å². The first-order valence-electron chi connectivity index (χ1n) is 3.79. The molecule has 0 amide bonds. The Bertz CT molecular complexity index is 145. The van der Waals surface area contributed by atoms with Crippen LogP contribution in [0, 0.1) is 0 Å². The maximum atomic E-state index is 10.5. The van der Waals surface area contributed by atoms with Gasteiger partial charge in [-0.3, -0.25) is 0 Å². The smallest absolute Gasteiger partial charge is 0.232 e. The van der Waals surface area contributed by atoms with Gasteiger partial charge in [-0.2, -0.15) is 0 Å². The first-order valence-corrected chi connectivity index (χ1v) is 5.07. The summed E-state index contributed by atoms with van der Waals surface area (Å²) in [5.74, 6) is 1.44. The summed E-state index contributed by atoms with van der Waals surface area (Å²) in [7, 11) is -1.85. The van der Waals surface area contributed by atoms with Crippen molar-refractivity contribution in [3.05, 3.63) is 11.9 Å². The number of allylic oxidation sites excluding steroid dienone is 1. The summed E-state index contributed by atoms with van der Waals surface area (Å²) in [4.78, 5) is 13.1. The van der Waals surface area contributed by atoms with E-state index >= 15 is 0 Å². The van der Waals surface area contributed by atoms with Crippen LogP contribution in [0.25, 0.3) is 0 Å². The third-order valence-electron chi connectivity index (χ3n) is 1.30. The van der Waals surface area contributed by atoms with E-state index in [0.29, 0.717) is 0 Å². The lowest BCUT2D eigenvalue weighted by Crippen LogP contribution is -1.81. The van der Waals surface area contributed by atoms with Gasteiger partial charge in [-0.1, -0.05) is 19.8 Å². The molecule has 0 saturated heterocycles. The van der Waals surface area contributed by atoms with Crippen LogP contribution in [0.15, 0.2) is 16.8 Å². The van der Waals surface area contributed by atoms with Crippen molar-refractivity contribution < 1.29 is 10.1 Å². The minimum Gasteiger partial charge on any atom is -0.606 e. The van der Waals surface area contributed by atoms with Crippen LogP contribution in [0.1, 0.15) is 32.6 Å². The summed E-state index contributed by atoms with van der Waals surface area (Å²) in [6.45, 7) is 2.13. The summed E-state index contributed by atoms with van der Waals surface area (Å²) in [6.07, 6.45) is 6.21. The Morgan fingerprint density at radius 1 is 1.55 bits per heavy atom. The molecule has 0 fully saturated rings. The number of hydrogen-bond acceptors (Lipinski definition) is 2. The van der Waals surface area contributed by atoms with Crippen LogP contribution < -0.4 is 4.89 Å². The van der Waals surface area contributed by atoms with Gasteiger partial charge in [0.15, 0.2) is 0 Å². The minimum atomic E-state index is -1.85. The number of unbranched alkanes of at least 4 members (excludes halogenated alkanes) is 3. The molecule has 0 heterocycles. The molecule has 1 N–H and O–H groups in total. The van der Waals surface area contributed by atoms with Crippen molar-refractivity contribution >= 4 is 7.94 Å². The summed E-state index contributed by atoms with van der Waals surface area (Å²) in [5.41, 5.74) is 0. The Kier molecular flexibility index (Phi) is 7.69. The van der Waals surface area contributed by atoms with E-state index in [-0.39, 0.29) is 0 Å². The van der Waals surface area contributed by atoms with E-state index < -0.39 is 7.94 Å². The normalized spacial score (nSPS) is 12.8. The molecule has 0 aliphatic heterocycles. The van der Waals surface area contributed by atoms with Crippen LogP contribution >= 0.6 is 7.94 Å². The van der Waals surface area contributed by atoms with E-state index in [1.165, 1.54) is 18.7 Å². The van der Waals surface area contributed by atoms with E-state index in [4.69, 9.17) is 5.21 Å². The van der Waals surface area contributed by atoms with Crippen LogP contribution in [0.3, 0.4) is 0 Å². The molecule has 11 heavy (non-hydrogen) atoms. The lowest BCUT2D eigenvalue weighted by Gasteiger charge is -1.89. The Morgan fingerprint density at radius 2 is 2.27 bits per heavy atom. The standard InChI is InChI=1S/C7H14NO2P/c1-2-3-4-5-6-7-11(10)8-9/h6-7,9H,2-5H2,1H3/b7-6+. The molecule has 4 heteroatoms. The maximum absolute atomic E-state index is 10.5. The summed E-state index contributed by atoms with van der Waals surface area (Å²) >= 11 is 0. The van der Waals surface area contributed by atoms with E-state index in [0.717, 1.165) is 12.8 Å². The van der Waals surface area contributed by atoms with Gasteiger partial charge in [-0.05, 0) is 18.9 Å². The molecule has 0 spiro atoms. The second-order valence-corrected chi connectivity index (χ2v) is 3.35. The summed E-state index contributed by atoms with van der Waals surface area (Å²) in [5, 5.41) is 8.03. The fourth-order valence-electron chi connectivity index (χ4n) is 0.707. The highest BCUT2D eigenvalue weighted by Gasteiger charge is 1.87. The van der Waals surface area contributed by atoms with Gasteiger partial charge in [-0.25, -0.2) is 5.21 Å². The molecule has 0 aromatic carbocycles. The van der Waals surface area contributed by atoms with Gasteiger partial charge in [0, 0.05) is 0 Å². The van der Waals surface area contributed by atoms with Crippen LogP contribution in [0.2, 0.25) is 0 Å². The van der Waals surface area contributed by atoms with Crippen LogP contribution in [0.5, 0.6) is 0 Å². The minimum absolute atomic E-state index is 0.921. The molecule has 1 unspecified atom stereocenters. The molecule has 3 nitrogen and oxygen atoms in total. The van der Waals surface area contributed by atoms with Crippen LogP contribution in [-0.4, -0.2) is 5.21 Å². The average molecular weight is 175 g/mol. The van der Waals surface area contributed by atoms with Gasteiger partial charge in [0.05, 0.1) is 4.91 Å². The van der Waals surface area contributed by atoms with Crippen molar-refractivity contribution in [2.45, 2.75) is 32.6 Å². The molecule has 0 aliphatic rings. The molecule has 0 rings (SSSR count). The van der Waals surface area contributed by atoms with Gasteiger partial charge in [0.1, 0.15) is 5.82 Å². The quantitative estimate of drug-likeness (QED) is 0.396. The monoisotopic (exact) mass is 175 g/mol. The number of rotatable bonds is 5. The average Bonchev–Trinajstić information content (AvgIpc) is 2.04. The van der Waals surface area contributed by atoms with Crippen LogP contribution in [-0.2, 0) is 0 Å². The van der Waals surface area contributed by atoms with Crippen molar-refractivity contribution in [1.29, 1.82) is 0 Å². The van der Waals surface area contributed by atoms with Crippen molar-refractivity contribution in [1.82, 2.24) is 0 Å². The third-order valence-corrected chi connectivity index (χ3v) is 1.94. The molecular formula is C7H14NO2P. The zero-order valence-electron chi connectivity index (χ0n) is 6.73. The SMILES string of the molecule is CCCCC/C=C/[P+]([O-])=NO. The number of nitrogens with zero attached hydrogens (tertiary/aromatic N) is 1. The fourth-order valence-corrected chi connectivity index (χ4v) is 1.10. The molecular weight excluding hydrogens is 161 g/mol. The Morgan fingerprint density at radius 3 is 2.82 bits per heavy atom. The predicted octanol–water partition coefficient (Wildman–Crippen LogP) is 2.41. The second kappa shape index (κ2) is 7.86. The zero-order valence-corrected chi connectivity index (χ0v) is 7.63. The van der Waals surface area contributed by atoms with Gasteiger partial charge >= 0.3 is 0 Å². The predicted molar refractivity (Wildman–Crippen MR) is 44.4 cm³/mol. The number of hydrogen-bond donors (Lipinski definition) is 1. The second-order valence-electron chi connectivity index (χ2n) is 2.27. The molecule has 0 aromatic heterocycles. The van der Waals surface area contributed by atoms with Gasteiger partial charge < -0.3 is 4.89 Å². The highest BCUT2D eigenvalue weighted by Crippen LogP contribution is 2.14. The van der Waals surface area contributed by atoms with E-state index in [9.17, 15) is 4.89 Å². The first kappa shape index (κ1) is 10.8. The Balaban J connectivity index is 3.30. The molecule has 0 saturated carbocycles. The Labute approximate surface area is 68.3 Å². The molecule has 64 valence electrons. The molecule has 0 aromatic rings. The Hall–Kier alpha value is -0.240. The zero-order chi connectivity index (χ0) is 8.53. The lowest BCUT2D eigenvalue weighted by atomic mass is 10.2. The topological polar surface area (TPSA) is 55.7 Å². The maximum Gasteiger partial charge on any atom is 0.232 e. The summed E-state index contributed by atoms with van der Waals surface area (Å²) in [6, 6.07) is 0. The van der Waals surface area contributed by atoms with Crippen LogP contribution in [0.4, 0.5) is 0 Å². The molecule has 0 aliphatic carbocycles. The molecule has 0 bridgehead atoms. The third kappa shape index (κ3) is 7.66. The highest BCUT2D eigenvalue weighted by molar-refractivity contribution is 7.42. The largest absolute Gasteiger partial charge is 0.606 e. The first-order chi connectivity index (χ1) is 5.31. The van der Waals surface area contributed by atoms with Gasteiger partial charge in [0.2, 0.25) is 7.94 Å². The molecule has 0 radical (unpaired) electrons. The van der Waals surface area contributed by atoms with Crippen molar-refractivity contribution in [3.8, 4) is 0 Å². The van der Waals surface area contributed by atoms with Crippen molar-refractivity contribution in [2.24, 2.45) is 4.91 Å². The van der Waals surface area contributed by atoms with E-state index in [1.807, 2.05) is 0 Å².